The maximum Gasteiger partial charge on any atom is 0.358 e. The van der Waals surface area contributed by atoms with E-state index < -0.39 is 24.0 Å². The van der Waals surface area contributed by atoms with Gasteiger partial charge in [-0.1, -0.05) is 31.2 Å². The lowest BCUT2D eigenvalue weighted by Crippen LogP contribution is -2.46. The number of benzene rings is 1. The average Bonchev–Trinajstić information content (AvgIpc) is 2.97. The van der Waals surface area contributed by atoms with Gasteiger partial charge >= 0.3 is 11.9 Å². The highest BCUT2D eigenvalue weighted by Gasteiger charge is 2.49. The van der Waals surface area contributed by atoms with Crippen molar-refractivity contribution >= 4 is 11.9 Å². The molecule has 0 aromatic heterocycles. The molecule has 1 spiro atoms. The molecule has 2 aliphatic rings. The number of esters is 2. The smallest absolute Gasteiger partial charge is 0.358 e. The van der Waals surface area contributed by atoms with Crippen LogP contribution in [0.4, 0.5) is 0 Å². The summed E-state index contributed by atoms with van der Waals surface area (Å²) in [6.45, 7) is 4.31. The molecule has 28 heavy (non-hydrogen) atoms. The van der Waals surface area contributed by atoms with Crippen molar-refractivity contribution in [1.82, 2.24) is 4.90 Å². The van der Waals surface area contributed by atoms with E-state index in [1.54, 1.807) is 19.1 Å². The number of hydrogen-bond acceptors (Lipinski definition) is 7. The number of nitrogens with zero attached hydrogens (tertiary/aromatic N) is 1. The summed E-state index contributed by atoms with van der Waals surface area (Å²) in [5, 5.41) is 0. The Bertz CT molecular complexity index is 776. The third kappa shape index (κ3) is 3.64. The molecule has 0 amide bonds. The molecule has 1 aromatic carbocycles. The number of carbonyl (C=O) groups excluding carboxylic acids is 2. The number of carbonyl (C=O) groups is 2. The first-order valence-electron chi connectivity index (χ1n) is 9.54. The van der Waals surface area contributed by atoms with E-state index >= 15 is 0 Å². The Labute approximate surface area is 165 Å². The van der Waals surface area contributed by atoms with E-state index in [-0.39, 0.29) is 11.8 Å². The first-order chi connectivity index (χ1) is 13.5. The Morgan fingerprint density at radius 3 is 2.61 bits per heavy atom. The first-order valence-corrected chi connectivity index (χ1v) is 9.54. The average molecular weight is 389 g/mol. The van der Waals surface area contributed by atoms with Crippen molar-refractivity contribution in [3.63, 3.8) is 0 Å². The van der Waals surface area contributed by atoms with Gasteiger partial charge in [0, 0.05) is 32.7 Å². The van der Waals surface area contributed by atoms with Gasteiger partial charge in [0.2, 0.25) is 0 Å². The fourth-order valence-corrected chi connectivity index (χ4v) is 3.86. The van der Waals surface area contributed by atoms with Crippen LogP contribution < -0.4 is 0 Å². The van der Waals surface area contributed by atoms with Crippen LogP contribution in [0.1, 0.15) is 37.8 Å². The number of rotatable bonds is 7. The third-order valence-corrected chi connectivity index (χ3v) is 5.23. The molecule has 3 atom stereocenters. The van der Waals surface area contributed by atoms with Crippen LogP contribution in [-0.4, -0.2) is 49.9 Å². The molecular weight excluding hydrogens is 362 g/mol. The van der Waals surface area contributed by atoms with Crippen molar-refractivity contribution in [2.24, 2.45) is 0 Å². The van der Waals surface area contributed by atoms with E-state index in [4.69, 9.17) is 18.9 Å². The number of fused-ring (bicyclic) bond motifs is 2. The van der Waals surface area contributed by atoms with Gasteiger partial charge in [-0.05, 0) is 25.3 Å². The number of aryl methyl sites for hydroxylation is 1. The van der Waals surface area contributed by atoms with Crippen LogP contribution in [0.2, 0.25) is 0 Å². The van der Waals surface area contributed by atoms with E-state index in [0.29, 0.717) is 19.4 Å². The highest BCUT2D eigenvalue weighted by Crippen LogP contribution is 2.43. The van der Waals surface area contributed by atoms with Crippen LogP contribution in [0.25, 0.3) is 0 Å². The Balaban J connectivity index is 1.96. The molecule has 1 aromatic rings. The van der Waals surface area contributed by atoms with Gasteiger partial charge in [-0.2, -0.15) is 0 Å². The quantitative estimate of drug-likeness (QED) is 0.524. The third-order valence-electron chi connectivity index (χ3n) is 5.23. The minimum atomic E-state index is -1.38. The molecule has 7 nitrogen and oxygen atoms in total. The van der Waals surface area contributed by atoms with Crippen molar-refractivity contribution < 1.29 is 28.5 Å². The van der Waals surface area contributed by atoms with Gasteiger partial charge in [0.05, 0.1) is 12.2 Å². The van der Waals surface area contributed by atoms with E-state index in [0.717, 1.165) is 17.5 Å². The molecule has 0 bridgehead atoms. The van der Waals surface area contributed by atoms with Crippen LogP contribution in [0.3, 0.4) is 0 Å². The van der Waals surface area contributed by atoms with Crippen molar-refractivity contribution in [2.75, 3.05) is 20.8 Å². The zero-order valence-electron chi connectivity index (χ0n) is 16.8. The molecule has 0 fully saturated rings. The second-order valence-electron chi connectivity index (χ2n) is 7.01. The van der Waals surface area contributed by atoms with Crippen LogP contribution in [0.15, 0.2) is 36.0 Å². The second-order valence-corrected chi connectivity index (χ2v) is 7.01. The summed E-state index contributed by atoms with van der Waals surface area (Å²) in [4.78, 5) is 27.5. The molecule has 1 aliphatic carbocycles. The van der Waals surface area contributed by atoms with Crippen LogP contribution >= 0.6 is 0 Å². The lowest BCUT2D eigenvalue weighted by Gasteiger charge is -2.36. The summed E-state index contributed by atoms with van der Waals surface area (Å²) < 4.78 is 22.4. The van der Waals surface area contributed by atoms with E-state index in [1.807, 2.05) is 38.1 Å². The molecule has 1 heterocycles. The summed E-state index contributed by atoms with van der Waals surface area (Å²) in [7, 11) is 3.11. The van der Waals surface area contributed by atoms with Gasteiger partial charge < -0.3 is 23.8 Å². The molecule has 1 aliphatic heterocycles. The summed E-state index contributed by atoms with van der Waals surface area (Å²) in [5.74, 6) is -2.60. The highest BCUT2D eigenvalue weighted by molar-refractivity contribution is 5.97. The maximum atomic E-state index is 13.1. The Morgan fingerprint density at radius 2 is 1.93 bits per heavy atom. The maximum absolute atomic E-state index is 13.1. The predicted molar refractivity (Wildman–Crippen MR) is 101 cm³/mol. The van der Waals surface area contributed by atoms with Crippen molar-refractivity contribution in [1.29, 1.82) is 0 Å². The normalized spacial score (nSPS) is 23.4. The first kappa shape index (κ1) is 20.4. The van der Waals surface area contributed by atoms with Gasteiger partial charge in [-0.25, -0.2) is 9.59 Å². The lowest BCUT2D eigenvalue weighted by atomic mass is 10.1. The highest BCUT2D eigenvalue weighted by atomic mass is 16.7. The molecule has 3 unspecified atom stereocenters. The Morgan fingerprint density at radius 1 is 1.18 bits per heavy atom. The number of hydrogen-bond donors (Lipinski definition) is 0. The van der Waals surface area contributed by atoms with E-state index in [2.05, 4.69) is 0 Å². The van der Waals surface area contributed by atoms with Gasteiger partial charge in [0.25, 0.3) is 5.79 Å². The number of methoxy groups -OCH3 is 2. The fraction of sp³-hybridized carbons (Fsp3) is 0.524. The molecule has 0 radical (unpaired) electrons. The second kappa shape index (κ2) is 8.32. The van der Waals surface area contributed by atoms with Gasteiger partial charge in [-0.15, -0.1) is 0 Å². The standard InChI is InChI=1S/C21H27NO6/c1-5-12-22(19(26-4)14(2)25-3)17-13-18(23)27-21(28-20(17)24)11-10-15-8-6-7-9-16(15)21/h6-9,13-14,19H,5,10-12H2,1-4H3. The van der Waals surface area contributed by atoms with E-state index in [1.165, 1.54) is 6.08 Å². The van der Waals surface area contributed by atoms with Crippen LogP contribution in [0.5, 0.6) is 0 Å². The Hall–Kier alpha value is -2.38. The SMILES string of the molecule is CCCN(C1=CC(=O)OC2(CCc3ccccc32)OC1=O)C(OC)C(C)OC. The molecular formula is C21H27NO6. The van der Waals surface area contributed by atoms with Gasteiger partial charge in [-0.3, -0.25) is 0 Å². The largest absolute Gasteiger partial charge is 0.415 e. The van der Waals surface area contributed by atoms with Crippen LogP contribution in [-0.2, 0) is 40.7 Å². The van der Waals surface area contributed by atoms with Crippen molar-refractivity contribution in [3.8, 4) is 0 Å². The summed E-state index contributed by atoms with van der Waals surface area (Å²) in [5.41, 5.74) is 1.85. The lowest BCUT2D eigenvalue weighted by molar-refractivity contribution is -0.226. The van der Waals surface area contributed by atoms with Gasteiger partial charge in [0.15, 0.2) is 6.23 Å². The Kier molecular flexibility index (Phi) is 6.05. The minimum Gasteiger partial charge on any atom is -0.415 e. The zero-order valence-corrected chi connectivity index (χ0v) is 16.8. The number of ether oxygens (including phenoxy) is 4. The molecule has 7 heteroatoms. The topological polar surface area (TPSA) is 74.3 Å². The summed E-state index contributed by atoms with van der Waals surface area (Å²) in [6, 6.07) is 7.55. The summed E-state index contributed by atoms with van der Waals surface area (Å²) in [6.07, 6.45) is 2.13. The van der Waals surface area contributed by atoms with Crippen molar-refractivity contribution in [3.05, 3.63) is 47.2 Å². The molecule has 0 N–H and O–H groups in total. The minimum absolute atomic E-state index is 0.115. The van der Waals surface area contributed by atoms with E-state index in [9.17, 15) is 9.59 Å². The predicted octanol–water partition coefficient (Wildman–Crippen LogP) is 2.49. The summed E-state index contributed by atoms with van der Waals surface area (Å²) >= 11 is 0. The monoisotopic (exact) mass is 389 g/mol. The molecule has 152 valence electrons. The molecule has 3 rings (SSSR count). The molecule has 0 saturated heterocycles. The molecule has 0 saturated carbocycles. The van der Waals surface area contributed by atoms with Gasteiger partial charge in [0.1, 0.15) is 5.70 Å². The zero-order chi connectivity index (χ0) is 20.3. The van der Waals surface area contributed by atoms with Crippen LogP contribution in [0, 0.1) is 0 Å². The van der Waals surface area contributed by atoms with Crippen molar-refractivity contribution in [2.45, 2.75) is 51.2 Å². The fourth-order valence-electron chi connectivity index (χ4n) is 3.86.